The van der Waals surface area contributed by atoms with Gasteiger partial charge in [0, 0.05) is 31.4 Å². The zero-order valence-electron chi connectivity index (χ0n) is 10.8. The molecule has 1 heterocycles. The average molecular weight is 306 g/mol. The predicted octanol–water partition coefficient (Wildman–Crippen LogP) is 2.97. The number of unbranched alkanes of at least 4 members (excludes halogenated alkanes) is 1. The molecule has 0 aliphatic carbocycles. The second kappa shape index (κ2) is 8.92. The molecule has 0 spiro atoms. The van der Waals surface area contributed by atoms with Gasteiger partial charge in [0.15, 0.2) is 0 Å². The maximum atomic E-state index is 11.9. The van der Waals surface area contributed by atoms with E-state index in [0.29, 0.717) is 12.3 Å². The number of likely N-dealkylation sites (tertiary alicyclic amines) is 1. The first kappa shape index (κ1) is 15.0. The number of piperidine rings is 1. The van der Waals surface area contributed by atoms with Crippen molar-refractivity contribution < 1.29 is 9.53 Å². The largest absolute Gasteiger partial charge is 0.376 e. The number of carbonyl (C=O) groups excluding carboxylic acids is 1. The molecular weight excluding hydrogens is 282 g/mol. The lowest BCUT2D eigenvalue weighted by molar-refractivity contribution is -0.135. The number of ether oxygens (including phenoxy) is 1. The van der Waals surface area contributed by atoms with Gasteiger partial charge in [-0.1, -0.05) is 22.9 Å². The summed E-state index contributed by atoms with van der Waals surface area (Å²) in [6, 6.07) is 0. The van der Waals surface area contributed by atoms with Crippen LogP contribution in [0.4, 0.5) is 0 Å². The van der Waals surface area contributed by atoms with Gasteiger partial charge in [-0.05, 0) is 32.1 Å². The predicted molar refractivity (Wildman–Crippen MR) is 73.5 cm³/mol. The van der Waals surface area contributed by atoms with E-state index in [0.717, 1.165) is 57.1 Å². The van der Waals surface area contributed by atoms with E-state index >= 15 is 0 Å². The van der Waals surface area contributed by atoms with Crippen LogP contribution in [0.1, 0.15) is 45.4 Å². The maximum absolute atomic E-state index is 11.9. The van der Waals surface area contributed by atoms with Crippen LogP contribution < -0.4 is 0 Å². The second-order valence-electron chi connectivity index (χ2n) is 4.62. The summed E-state index contributed by atoms with van der Waals surface area (Å²) in [5, 5.41) is 0.989. The van der Waals surface area contributed by atoms with Crippen LogP contribution in [-0.2, 0) is 9.53 Å². The Morgan fingerprint density at radius 2 is 2.29 bits per heavy atom. The minimum atomic E-state index is 0.267. The summed E-state index contributed by atoms with van der Waals surface area (Å²) >= 11 is 3.39. The monoisotopic (exact) mass is 305 g/mol. The van der Waals surface area contributed by atoms with Gasteiger partial charge in [-0.2, -0.15) is 0 Å². The number of amides is 1. The normalized spacial score (nSPS) is 20.6. The average Bonchev–Trinajstić information content (AvgIpc) is 2.37. The summed E-state index contributed by atoms with van der Waals surface area (Å²) in [5.41, 5.74) is 0. The molecule has 0 bridgehead atoms. The Balaban J connectivity index is 2.25. The topological polar surface area (TPSA) is 29.5 Å². The smallest absolute Gasteiger partial charge is 0.222 e. The highest BCUT2D eigenvalue weighted by Gasteiger charge is 2.23. The highest BCUT2D eigenvalue weighted by atomic mass is 79.9. The zero-order chi connectivity index (χ0) is 12.5. The van der Waals surface area contributed by atoms with Crippen molar-refractivity contribution in [1.82, 2.24) is 4.90 Å². The standard InChI is InChI=1S/C13H24BrNO2/c1-2-10-17-12-6-5-9-15(11-12)13(16)7-3-4-8-14/h12H,2-11H2,1H3. The Labute approximate surface area is 113 Å². The summed E-state index contributed by atoms with van der Waals surface area (Å²) < 4.78 is 5.74. The molecule has 1 fully saturated rings. The highest BCUT2D eigenvalue weighted by Crippen LogP contribution is 2.15. The van der Waals surface area contributed by atoms with Gasteiger partial charge in [0.25, 0.3) is 0 Å². The van der Waals surface area contributed by atoms with Crippen molar-refractivity contribution in [2.45, 2.75) is 51.6 Å². The van der Waals surface area contributed by atoms with Crippen molar-refractivity contribution in [2.75, 3.05) is 25.0 Å². The fraction of sp³-hybridized carbons (Fsp3) is 0.923. The van der Waals surface area contributed by atoms with Crippen molar-refractivity contribution in [3.8, 4) is 0 Å². The summed E-state index contributed by atoms with van der Waals surface area (Å²) in [7, 11) is 0. The summed E-state index contributed by atoms with van der Waals surface area (Å²) in [6.45, 7) is 4.65. The van der Waals surface area contributed by atoms with Crippen LogP contribution in [0.5, 0.6) is 0 Å². The lowest BCUT2D eigenvalue weighted by Crippen LogP contribution is -2.43. The first-order chi connectivity index (χ1) is 8.27. The van der Waals surface area contributed by atoms with Crippen LogP contribution in [0.2, 0.25) is 0 Å². The zero-order valence-corrected chi connectivity index (χ0v) is 12.4. The van der Waals surface area contributed by atoms with E-state index in [4.69, 9.17) is 4.74 Å². The van der Waals surface area contributed by atoms with Gasteiger partial charge in [0.1, 0.15) is 0 Å². The van der Waals surface area contributed by atoms with Crippen LogP contribution in [0.25, 0.3) is 0 Å². The van der Waals surface area contributed by atoms with Gasteiger partial charge >= 0.3 is 0 Å². The van der Waals surface area contributed by atoms with Crippen LogP contribution in [0, 0.1) is 0 Å². The van der Waals surface area contributed by atoms with Crippen molar-refractivity contribution in [1.29, 1.82) is 0 Å². The highest BCUT2D eigenvalue weighted by molar-refractivity contribution is 9.09. The van der Waals surface area contributed by atoms with Crippen molar-refractivity contribution >= 4 is 21.8 Å². The number of nitrogens with zero attached hydrogens (tertiary/aromatic N) is 1. The second-order valence-corrected chi connectivity index (χ2v) is 5.41. The number of hydrogen-bond acceptors (Lipinski definition) is 2. The molecule has 1 saturated heterocycles. The van der Waals surface area contributed by atoms with Crippen LogP contribution in [0.3, 0.4) is 0 Å². The number of rotatable bonds is 7. The Hall–Kier alpha value is -0.0900. The van der Waals surface area contributed by atoms with Gasteiger partial charge in [-0.25, -0.2) is 0 Å². The van der Waals surface area contributed by atoms with E-state index in [1.54, 1.807) is 0 Å². The lowest BCUT2D eigenvalue weighted by Gasteiger charge is -2.32. The van der Waals surface area contributed by atoms with Gasteiger partial charge in [-0.3, -0.25) is 4.79 Å². The molecule has 0 saturated carbocycles. The molecule has 0 radical (unpaired) electrons. The number of alkyl halides is 1. The Morgan fingerprint density at radius 3 is 3.00 bits per heavy atom. The maximum Gasteiger partial charge on any atom is 0.222 e. The molecular formula is C13H24BrNO2. The molecule has 1 atom stereocenters. The molecule has 0 aromatic heterocycles. The van der Waals surface area contributed by atoms with E-state index in [-0.39, 0.29) is 6.10 Å². The van der Waals surface area contributed by atoms with Crippen LogP contribution in [0.15, 0.2) is 0 Å². The molecule has 0 N–H and O–H groups in total. The molecule has 1 rings (SSSR count). The Bertz CT molecular complexity index is 223. The third-order valence-electron chi connectivity index (χ3n) is 3.06. The van der Waals surface area contributed by atoms with Crippen molar-refractivity contribution in [3.63, 3.8) is 0 Å². The van der Waals surface area contributed by atoms with Gasteiger partial charge in [-0.15, -0.1) is 0 Å². The van der Waals surface area contributed by atoms with Crippen molar-refractivity contribution in [2.24, 2.45) is 0 Å². The lowest BCUT2D eigenvalue weighted by atomic mass is 10.1. The van der Waals surface area contributed by atoms with Crippen LogP contribution >= 0.6 is 15.9 Å². The molecule has 1 aliphatic heterocycles. The minimum Gasteiger partial charge on any atom is -0.376 e. The first-order valence-electron chi connectivity index (χ1n) is 6.73. The fourth-order valence-electron chi connectivity index (χ4n) is 2.11. The third-order valence-corrected chi connectivity index (χ3v) is 3.62. The molecule has 4 heteroatoms. The molecule has 1 unspecified atom stereocenters. The van der Waals surface area contributed by atoms with E-state index < -0.39 is 0 Å². The first-order valence-corrected chi connectivity index (χ1v) is 7.85. The minimum absolute atomic E-state index is 0.267. The summed E-state index contributed by atoms with van der Waals surface area (Å²) in [4.78, 5) is 13.9. The van der Waals surface area contributed by atoms with Crippen LogP contribution in [-0.4, -0.2) is 41.9 Å². The van der Waals surface area contributed by atoms with E-state index in [1.807, 2.05) is 4.90 Å². The SMILES string of the molecule is CCCOC1CCCN(C(=O)CCCCBr)C1. The van der Waals surface area contributed by atoms with E-state index in [1.165, 1.54) is 0 Å². The molecule has 0 aromatic rings. The molecule has 1 amide bonds. The van der Waals surface area contributed by atoms with E-state index in [9.17, 15) is 4.79 Å². The third kappa shape index (κ3) is 5.87. The molecule has 17 heavy (non-hydrogen) atoms. The number of hydrogen-bond donors (Lipinski definition) is 0. The molecule has 100 valence electrons. The quantitative estimate of drug-likeness (QED) is 0.534. The number of halogens is 1. The van der Waals surface area contributed by atoms with Gasteiger partial charge in [0.2, 0.25) is 5.91 Å². The molecule has 3 nitrogen and oxygen atoms in total. The van der Waals surface area contributed by atoms with Gasteiger partial charge in [0.05, 0.1) is 6.10 Å². The van der Waals surface area contributed by atoms with E-state index in [2.05, 4.69) is 22.9 Å². The van der Waals surface area contributed by atoms with Crippen molar-refractivity contribution in [3.05, 3.63) is 0 Å². The molecule has 1 aliphatic rings. The fourth-order valence-corrected chi connectivity index (χ4v) is 2.51. The van der Waals surface area contributed by atoms with Gasteiger partial charge < -0.3 is 9.64 Å². The Kier molecular flexibility index (Phi) is 7.86. The summed E-state index contributed by atoms with van der Waals surface area (Å²) in [6.07, 6.45) is 6.26. The molecule has 0 aromatic carbocycles. The Morgan fingerprint density at radius 1 is 1.47 bits per heavy atom. The number of carbonyl (C=O) groups is 1. The summed E-state index contributed by atoms with van der Waals surface area (Å²) in [5.74, 6) is 0.302.